The number of tetrazole rings is 1. The summed E-state index contributed by atoms with van der Waals surface area (Å²) in [7, 11) is -0.236. The number of carboxylic acid groups (broad SMARTS) is 1. The fraction of sp³-hybridized carbons (Fsp3) is 0.679. The zero-order chi connectivity index (χ0) is 30.3. The van der Waals surface area contributed by atoms with Crippen molar-refractivity contribution in [1.29, 1.82) is 0 Å². The van der Waals surface area contributed by atoms with Crippen LogP contribution in [0, 0.1) is 5.92 Å². The van der Waals surface area contributed by atoms with Gasteiger partial charge in [-0.1, -0.05) is 36.6 Å². The molecule has 1 aromatic carbocycles. The topological polar surface area (TPSA) is 144 Å². The van der Waals surface area contributed by atoms with Crippen LogP contribution in [0.2, 0.25) is 11.3 Å². The van der Waals surface area contributed by atoms with Gasteiger partial charge in [0.05, 0.1) is 17.2 Å². The summed E-state index contributed by atoms with van der Waals surface area (Å²) in [4.78, 5) is 26.1. The van der Waals surface area contributed by atoms with Crippen molar-refractivity contribution in [2.45, 2.75) is 96.5 Å². The average Bonchev–Trinajstić information content (AvgIpc) is 3.47. The normalized spacial score (nSPS) is 19.5. The van der Waals surface area contributed by atoms with Crippen LogP contribution in [0.5, 0.6) is 0 Å². The van der Waals surface area contributed by atoms with Gasteiger partial charge < -0.3 is 25.0 Å². The van der Waals surface area contributed by atoms with E-state index in [1.165, 1.54) is 0 Å². The molecule has 0 radical (unpaired) electrons. The lowest BCUT2D eigenvalue weighted by molar-refractivity contribution is -0.122. The van der Waals surface area contributed by atoms with Crippen LogP contribution in [0.25, 0.3) is 0 Å². The summed E-state index contributed by atoms with van der Waals surface area (Å²) in [6.45, 7) is 10.7. The van der Waals surface area contributed by atoms with E-state index in [4.69, 9.17) is 26.0 Å². The van der Waals surface area contributed by atoms with Crippen molar-refractivity contribution in [2.24, 2.45) is 5.92 Å². The summed E-state index contributed by atoms with van der Waals surface area (Å²) in [5.74, 6) is 0.766. The predicted molar refractivity (Wildman–Crippen MR) is 159 cm³/mol. The molecule has 0 aliphatic carbocycles. The molecule has 2 amide bonds. The highest BCUT2D eigenvalue weighted by Gasteiger charge is 2.50. The molecule has 12 nitrogen and oxygen atoms in total. The molecule has 2 aromatic rings. The molecule has 0 bridgehead atoms. The summed E-state index contributed by atoms with van der Waals surface area (Å²) < 4.78 is 13.9. The number of carbonyl (C=O) groups excluding carboxylic acids is 1. The maximum atomic E-state index is 12.8. The third kappa shape index (κ3) is 8.65. The molecule has 2 fully saturated rings. The SMILES string of the molecule is CC1(C)OB(CCCCC(c2nnnn2CC(=O)NCc2ccc(Cl)cc2)N2CCC(CNC(=O)O)CC2)OC1(C)C. The van der Waals surface area contributed by atoms with E-state index in [1.54, 1.807) is 16.8 Å². The van der Waals surface area contributed by atoms with Gasteiger partial charge >= 0.3 is 13.2 Å². The van der Waals surface area contributed by atoms with Gasteiger partial charge in [-0.25, -0.2) is 9.48 Å². The first kappa shape index (κ1) is 32.2. The van der Waals surface area contributed by atoms with Crippen molar-refractivity contribution in [2.75, 3.05) is 19.6 Å². The molecule has 42 heavy (non-hydrogen) atoms. The van der Waals surface area contributed by atoms with Gasteiger partial charge in [0.15, 0.2) is 5.82 Å². The molecule has 1 atom stereocenters. The molecule has 3 N–H and O–H groups in total. The number of halogens is 1. The molecule has 0 saturated carbocycles. The summed E-state index contributed by atoms with van der Waals surface area (Å²) in [6, 6.07) is 7.26. The Kier molecular flexibility index (Phi) is 10.8. The Hall–Kier alpha value is -2.74. The number of likely N-dealkylation sites (tertiary alicyclic amines) is 1. The number of aromatic nitrogens is 4. The number of carbonyl (C=O) groups is 2. The van der Waals surface area contributed by atoms with Gasteiger partial charge in [-0.15, -0.1) is 5.10 Å². The monoisotopic (exact) mass is 603 g/mol. The van der Waals surface area contributed by atoms with E-state index in [-0.39, 0.29) is 42.7 Å². The molecule has 2 aliphatic heterocycles. The van der Waals surface area contributed by atoms with E-state index in [1.807, 2.05) is 12.1 Å². The maximum absolute atomic E-state index is 12.8. The minimum atomic E-state index is -0.995. The number of hydrogen-bond acceptors (Lipinski definition) is 8. The van der Waals surface area contributed by atoms with Crippen molar-refractivity contribution < 1.29 is 24.0 Å². The Balaban J connectivity index is 1.37. The van der Waals surface area contributed by atoms with Gasteiger partial charge in [-0.05, 0) is 100 Å². The quantitative estimate of drug-likeness (QED) is 0.229. The van der Waals surface area contributed by atoms with E-state index >= 15 is 0 Å². The molecular formula is C28H43BClN7O5. The number of amides is 2. The lowest BCUT2D eigenvalue weighted by Gasteiger charge is -2.37. The number of piperidine rings is 1. The van der Waals surface area contributed by atoms with E-state index in [9.17, 15) is 9.59 Å². The molecule has 0 spiro atoms. The highest BCUT2D eigenvalue weighted by Crippen LogP contribution is 2.38. The lowest BCUT2D eigenvalue weighted by Crippen LogP contribution is -2.41. The number of unbranched alkanes of at least 4 members (excludes halogenated alkanes) is 1. The smallest absolute Gasteiger partial charge is 0.457 e. The molecule has 230 valence electrons. The molecule has 1 aromatic heterocycles. The fourth-order valence-corrected chi connectivity index (χ4v) is 5.59. The third-order valence-electron chi connectivity index (χ3n) is 8.66. The van der Waals surface area contributed by atoms with Crippen LogP contribution in [0.4, 0.5) is 4.79 Å². The van der Waals surface area contributed by atoms with Crippen LogP contribution in [-0.2, 0) is 27.2 Å². The fourth-order valence-electron chi connectivity index (χ4n) is 5.46. The third-order valence-corrected chi connectivity index (χ3v) is 8.91. The Morgan fingerprint density at radius 2 is 1.76 bits per heavy atom. The van der Waals surface area contributed by atoms with Crippen molar-refractivity contribution in [1.82, 2.24) is 35.7 Å². The second-order valence-corrected chi connectivity index (χ2v) is 12.7. The number of nitrogens with zero attached hydrogens (tertiary/aromatic N) is 5. The Labute approximate surface area is 253 Å². The molecule has 2 saturated heterocycles. The van der Waals surface area contributed by atoms with Crippen LogP contribution >= 0.6 is 11.6 Å². The van der Waals surface area contributed by atoms with E-state index in [0.717, 1.165) is 57.1 Å². The van der Waals surface area contributed by atoms with Crippen molar-refractivity contribution in [3.8, 4) is 0 Å². The first-order valence-electron chi connectivity index (χ1n) is 14.8. The van der Waals surface area contributed by atoms with Crippen LogP contribution in [0.15, 0.2) is 24.3 Å². The highest BCUT2D eigenvalue weighted by atomic mass is 35.5. The lowest BCUT2D eigenvalue weighted by atomic mass is 9.82. The molecule has 3 heterocycles. The second-order valence-electron chi connectivity index (χ2n) is 12.2. The molecule has 2 aliphatic rings. The molecule has 1 unspecified atom stereocenters. The highest BCUT2D eigenvalue weighted by molar-refractivity contribution is 6.45. The number of hydrogen-bond donors (Lipinski definition) is 3. The average molecular weight is 604 g/mol. The first-order valence-corrected chi connectivity index (χ1v) is 15.1. The van der Waals surface area contributed by atoms with Crippen LogP contribution < -0.4 is 10.6 Å². The standard InChI is InChI=1S/C28H43BClN7O5/c1-27(2)28(3,4)42-29(41-27)14-6-5-7-23(36-15-12-21(13-16-36)18-32-26(39)40)25-33-34-35-37(25)19-24(38)31-17-20-8-10-22(30)11-9-20/h8-11,21,23,32H,5-7,12-19H2,1-4H3,(H,31,38)(H,39,40). The van der Waals surface area contributed by atoms with Gasteiger partial charge in [0, 0.05) is 18.1 Å². The minimum Gasteiger partial charge on any atom is -0.465 e. The van der Waals surface area contributed by atoms with Crippen LogP contribution in [0.3, 0.4) is 0 Å². The van der Waals surface area contributed by atoms with Crippen LogP contribution in [0.1, 0.15) is 77.2 Å². The maximum Gasteiger partial charge on any atom is 0.457 e. The number of rotatable bonds is 13. The van der Waals surface area contributed by atoms with Crippen LogP contribution in [-0.4, -0.2) is 80.2 Å². The first-order chi connectivity index (χ1) is 19.9. The number of benzene rings is 1. The summed E-state index contributed by atoms with van der Waals surface area (Å²) in [5, 5.41) is 27.5. The summed E-state index contributed by atoms with van der Waals surface area (Å²) in [6.07, 6.45) is 4.17. The largest absolute Gasteiger partial charge is 0.465 e. The van der Waals surface area contributed by atoms with Crippen molar-refractivity contribution in [3.05, 3.63) is 40.7 Å². The zero-order valence-electron chi connectivity index (χ0n) is 25.0. The van der Waals surface area contributed by atoms with Gasteiger partial charge in [-0.2, -0.15) is 0 Å². The second kappa shape index (κ2) is 14.2. The summed E-state index contributed by atoms with van der Waals surface area (Å²) >= 11 is 5.96. The van der Waals surface area contributed by atoms with E-state index in [2.05, 4.69) is 58.8 Å². The zero-order valence-corrected chi connectivity index (χ0v) is 25.8. The Morgan fingerprint density at radius 1 is 1.10 bits per heavy atom. The van der Waals surface area contributed by atoms with Gasteiger partial charge in [0.1, 0.15) is 6.54 Å². The van der Waals surface area contributed by atoms with E-state index < -0.39 is 6.09 Å². The van der Waals surface area contributed by atoms with Crippen molar-refractivity contribution in [3.63, 3.8) is 0 Å². The Bertz CT molecular complexity index is 1170. The predicted octanol–water partition coefficient (Wildman–Crippen LogP) is 3.93. The van der Waals surface area contributed by atoms with Gasteiger partial charge in [0.2, 0.25) is 5.91 Å². The number of nitrogens with one attached hydrogen (secondary N) is 2. The minimum absolute atomic E-state index is 0.0132. The van der Waals surface area contributed by atoms with Gasteiger partial charge in [-0.3, -0.25) is 9.69 Å². The molecule has 4 rings (SSSR count). The molecule has 14 heteroatoms. The van der Waals surface area contributed by atoms with E-state index in [0.29, 0.717) is 23.9 Å². The summed E-state index contributed by atoms with van der Waals surface area (Å²) in [5.41, 5.74) is 0.247. The van der Waals surface area contributed by atoms with Crippen molar-refractivity contribution >= 4 is 30.7 Å². The van der Waals surface area contributed by atoms with Gasteiger partial charge in [0.25, 0.3) is 0 Å². The Morgan fingerprint density at radius 3 is 2.40 bits per heavy atom. The molecular weight excluding hydrogens is 561 g/mol.